The molecule has 0 spiro atoms. The lowest BCUT2D eigenvalue weighted by molar-refractivity contribution is 0.177. The molecule has 3 aromatic rings. The topological polar surface area (TPSA) is 42.2 Å². The van der Waals surface area contributed by atoms with Crippen LogP contribution in [0.25, 0.3) is 0 Å². The van der Waals surface area contributed by atoms with Gasteiger partial charge >= 0.3 is 0 Å². The Bertz CT molecular complexity index is 849. The van der Waals surface area contributed by atoms with Crippen LogP contribution in [0.5, 0.6) is 0 Å². The van der Waals surface area contributed by atoms with Gasteiger partial charge in [-0.2, -0.15) is 4.98 Å². The summed E-state index contributed by atoms with van der Waals surface area (Å²) < 4.78 is 18.7. The molecule has 0 bridgehead atoms. The fourth-order valence-electron chi connectivity index (χ4n) is 3.64. The number of likely N-dealkylation sites (tertiary alicyclic amines) is 1. The second-order valence-corrected chi connectivity index (χ2v) is 6.90. The second kappa shape index (κ2) is 7.79. The number of rotatable bonds is 5. The predicted octanol–water partition coefficient (Wildman–Crippen LogP) is 4.18. The minimum atomic E-state index is -0.244. The number of halogens is 1. The first-order valence-corrected chi connectivity index (χ1v) is 9.09. The molecule has 0 saturated carbocycles. The van der Waals surface area contributed by atoms with Gasteiger partial charge in [-0.25, -0.2) is 4.39 Å². The van der Waals surface area contributed by atoms with Gasteiger partial charge in [0.2, 0.25) is 5.89 Å². The molecule has 26 heavy (non-hydrogen) atoms. The number of hydrogen-bond donors (Lipinski definition) is 0. The molecule has 1 saturated heterocycles. The van der Waals surface area contributed by atoms with Crippen molar-refractivity contribution in [3.63, 3.8) is 0 Å². The maximum atomic E-state index is 13.3. The van der Waals surface area contributed by atoms with Crippen LogP contribution in [0.3, 0.4) is 0 Å². The van der Waals surface area contributed by atoms with Crippen molar-refractivity contribution in [3.8, 4) is 0 Å². The molecule has 0 N–H and O–H groups in total. The minimum Gasteiger partial charge on any atom is -0.338 e. The van der Waals surface area contributed by atoms with E-state index in [0.29, 0.717) is 30.6 Å². The monoisotopic (exact) mass is 351 g/mol. The quantitative estimate of drug-likeness (QED) is 0.692. The summed E-state index contributed by atoms with van der Waals surface area (Å²) in [5, 5.41) is 4.05. The van der Waals surface area contributed by atoms with E-state index >= 15 is 0 Å². The molecule has 134 valence electrons. The summed E-state index contributed by atoms with van der Waals surface area (Å²) in [6.45, 7) is 2.72. The largest absolute Gasteiger partial charge is 0.338 e. The average molecular weight is 351 g/mol. The van der Waals surface area contributed by atoms with E-state index in [-0.39, 0.29) is 5.82 Å². The van der Waals surface area contributed by atoms with Crippen molar-refractivity contribution in [2.45, 2.75) is 31.7 Å². The zero-order chi connectivity index (χ0) is 17.8. The van der Waals surface area contributed by atoms with Crippen LogP contribution < -0.4 is 0 Å². The Morgan fingerprint density at radius 1 is 1.12 bits per heavy atom. The first-order valence-electron chi connectivity index (χ1n) is 9.09. The number of hydrogen-bond acceptors (Lipinski definition) is 4. The number of piperidine rings is 1. The minimum absolute atomic E-state index is 0.244. The smallest absolute Gasteiger partial charge is 0.240 e. The summed E-state index contributed by atoms with van der Waals surface area (Å²) in [4.78, 5) is 6.86. The Hall–Kier alpha value is -2.53. The maximum absolute atomic E-state index is 13.3. The summed E-state index contributed by atoms with van der Waals surface area (Å²) in [6, 6.07) is 17.2. The van der Waals surface area contributed by atoms with Crippen molar-refractivity contribution in [1.29, 1.82) is 0 Å². The van der Waals surface area contributed by atoms with Gasteiger partial charge in [-0.3, -0.25) is 4.90 Å². The van der Waals surface area contributed by atoms with Crippen LogP contribution in [0.2, 0.25) is 0 Å². The summed E-state index contributed by atoms with van der Waals surface area (Å²) in [7, 11) is 0. The molecule has 5 heteroatoms. The van der Waals surface area contributed by atoms with Gasteiger partial charge in [-0.15, -0.1) is 0 Å². The molecule has 2 heterocycles. The summed E-state index contributed by atoms with van der Waals surface area (Å²) in [5.74, 6) is 1.54. The molecule has 2 aromatic carbocycles. The van der Waals surface area contributed by atoms with Gasteiger partial charge in [0.15, 0.2) is 5.82 Å². The fraction of sp³-hybridized carbons (Fsp3) is 0.333. The number of aromatic nitrogens is 2. The van der Waals surface area contributed by atoms with Crippen molar-refractivity contribution in [2.24, 2.45) is 0 Å². The lowest BCUT2D eigenvalue weighted by atomic mass is 9.91. The summed E-state index contributed by atoms with van der Waals surface area (Å²) in [5.41, 5.74) is 2.24. The highest BCUT2D eigenvalue weighted by molar-refractivity contribution is 5.21. The zero-order valence-electron chi connectivity index (χ0n) is 14.6. The molecule has 4 rings (SSSR count). The molecule has 1 fully saturated rings. The van der Waals surface area contributed by atoms with E-state index in [1.165, 1.54) is 30.5 Å². The highest BCUT2D eigenvalue weighted by Crippen LogP contribution is 2.27. The molecular formula is C21H22FN3O. The predicted molar refractivity (Wildman–Crippen MR) is 97.2 cm³/mol. The Labute approximate surface area is 152 Å². The third-order valence-electron chi connectivity index (χ3n) is 4.90. The van der Waals surface area contributed by atoms with Crippen molar-refractivity contribution in [2.75, 3.05) is 13.1 Å². The van der Waals surface area contributed by atoms with Crippen molar-refractivity contribution in [1.82, 2.24) is 15.0 Å². The molecule has 4 nitrogen and oxygen atoms in total. The Balaban J connectivity index is 1.38. The highest BCUT2D eigenvalue weighted by atomic mass is 19.1. The van der Waals surface area contributed by atoms with Crippen LogP contribution in [0.1, 0.15) is 41.6 Å². The summed E-state index contributed by atoms with van der Waals surface area (Å²) >= 11 is 0. The molecule has 0 amide bonds. The highest BCUT2D eigenvalue weighted by Gasteiger charge is 2.22. The van der Waals surface area contributed by atoms with Gasteiger partial charge in [0.1, 0.15) is 5.82 Å². The van der Waals surface area contributed by atoms with Crippen LogP contribution in [-0.2, 0) is 13.0 Å². The van der Waals surface area contributed by atoms with E-state index in [0.717, 1.165) is 18.7 Å². The van der Waals surface area contributed by atoms with Gasteiger partial charge in [0, 0.05) is 13.0 Å². The zero-order valence-corrected chi connectivity index (χ0v) is 14.6. The van der Waals surface area contributed by atoms with E-state index in [1.54, 1.807) is 6.07 Å². The van der Waals surface area contributed by atoms with Gasteiger partial charge in [0.25, 0.3) is 0 Å². The average Bonchev–Trinajstić information content (AvgIpc) is 3.09. The van der Waals surface area contributed by atoms with Crippen LogP contribution >= 0.6 is 0 Å². The third-order valence-corrected chi connectivity index (χ3v) is 4.90. The Morgan fingerprint density at radius 2 is 2.00 bits per heavy atom. The molecule has 1 aliphatic heterocycles. The third kappa shape index (κ3) is 4.17. The van der Waals surface area contributed by atoms with Crippen LogP contribution in [0, 0.1) is 5.82 Å². The SMILES string of the molecule is Fc1cccc(Cc2noc(CN3CCCC(c4ccccc4)C3)n2)c1. The molecule has 1 atom stereocenters. The number of nitrogens with zero attached hydrogens (tertiary/aromatic N) is 3. The van der Waals surface area contributed by atoms with Crippen molar-refractivity contribution < 1.29 is 8.91 Å². The van der Waals surface area contributed by atoms with Crippen molar-refractivity contribution in [3.05, 3.63) is 83.3 Å². The molecule has 1 aliphatic rings. The molecule has 0 radical (unpaired) electrons. The fourth-order valence-corrected chi connectivity index (χ4v) is 3.64. The lowest BCUT2D eigenvalue weighted by Crippen LogP contribution is -2.34. The molecular weight excluding hydrogens is 329 g/mol. The van der Waals surface area contributed by atoms with Crippen molar-refractivity contribution >= 4 is 0 Å². The van der Waals surface area contributed by atoms with Gasteiger partial charge in [-0.05, 0) is 48.6 Å². The second-order valence-electron chi connectivity index (χ2n) is 6.90. The Kier molecular flexibility index (Phi) is 5.07. The standard InChI is InChI=1S/C21H22FN3O/c22-19-10-4-6-16(12-19)13-20-23-21(26-24-20)15-25-11-5-9-18(14-25)17-7-2-1-3-8-17/h1-4,6-8,10,12,18H,5,9,11,13-15H2. The van der Waals surface area contributed by atoms with Gasteiger partial charge in [0.05, 0.1) is 6.54 Å². The summed E-state index contributed by atoms with van der Waals surface area (Å²) in [6.07, 6.45) is 2.87. The maximum Gasteiger partial charge on any atom is 0.240 e. The molecule has 1 unspecified atom stereocenters. The molecule has 1 aromatic heterocycles. The molecule has 0 aliphatic carbocycles. The normalized spacial score (nSPS) is 18.1. The Morgan fingerprint density at radius 3 is 2.85 bits per heavy atom. The van der Waals surface area contributed by atoms with E-state index in [1.807, 2.05) is 6.07 Å². The van der Waals surface area contributed by atoms with E-state index in [2.05, 4.69) is 45.4 Å². The van der Waals surface area contributed by atoms with Gasteiger partial charge < -0.3 is 4.52 Å². The van der Waals surface area contributed by atoms with E-state index in [9.17, 15) is 4.39 Å². The van der Waals surface area contributed by atoms with Gasteiger partial charge in [-0.1, -0.05) is 47.6 Å². The van der Waals surface area contributed by atoms with E-state index in [4.69, 9.17) is 4.52 Å². The van der Waals surface area contributed by atoms with Crippen LogP contribution in [-0.4, -0.2) is 28.1 Å². The van der Waals surface area contributed by atoms with Crippen LogP contribution in [0.4, 0.5) is 4.39 Å². The van der Waals surface area contributed by atoms with E-state index < -0.39 is 0 Å². The first kappa shape index (κ1) is 16.9. The first-order chi connectivity index (χ1) is 12.8. The lowest BCUT2D eigenvalue weighted by Gasteiger charge is -2.31. The van der Waals surface area contributed by atoms with Crippen LogP contribution in [0.15, 0.2) is 59.1 Å². The number of benzene rings is 2.